The summed E-state index contributed by atoms with van der Waals surface area (Å²) in [5.74, 6) is -0.609. The van der Waals surface area contributed by atoms with Crippen LogP contribution in [0, 0.1) is 0 Å². The monoisotopic (exact) mass is 498 g/mol. The molecule has 2 amide bonds. The molecule has 3 rings (SSSR count). The molecule has 0 spiro atoms. The molecule has 0 aromatic heterocycles. The first kappa shape index (κ1) is 26.5. The molecule has 36 heavy (non-hydrogen) atoms. The van der Waals surface area contributed by atoms with E-state index < -0.39 is 11.9 Å². The predicted molar refractivity (Wildman–Crippen MR) is 129 cm³/mol. The first-order valence-corrected chi connectivity index (χ1v) is 11.8. The summed E-state index contributed by atoms with van der Waals surface area (Å²) in [5, 5.41) is 0. The third-order valence-electron chi connectivity index (χ3n) is 5.44. The Kier molecular flexibility index (Phi) is 9.67. The van der Waals surface area contributed by atoms with E-state index in [2.05, 4.69) is 0 Å². The first-order valence-electron chi connectivity index (χ1n) is 11.8. The Morgan fingerprint density at radius 2 is 0.944 bits per heavy atom. The average molecular weight is 499 g/mol. The Labute approximate surface area is 209 Å². The normalized spacial score (nSPS) is 13.1. The van der Waals surface area contributed by atoms with E-state index in [1.165, 1.54) is 9.80 Å². The number of piperazine rings is 1. The van der Waals surface area contributed by atoms with Crippen molar-refractivity contribution in [1.29, 1.82) is 0 Å². The summed E-state index contributed by atoms with van der Waals surface area (Å²) in [7, 11) is 0. The summed E-state index contributed by atoms with van der Waals surface area (Å²) in [6, 6.07) is 12.9. The van der Waals surface area contributed by atoms with E-state index in [0.29, 0.717) is 35.8 Å². The van der Waals surface area contributed by atoms with Crippen LogP contribution in [-0.2, 0) is 19.1 Å². The minimum absolute atomic E-state index is 0.290. The highest BCUT2D eigenvalue weighted by Crippen LogP contribution is 2.14. The maximum atomic E-state index is 12.4. The Hall–Kier alpha value is -4.08. The van der Waals surface area contributed by atoms with Crippen molar-refractivity contribution in [2.45, 2.75) is 13.8 Å². The zero-order valence-electron chi connectivity index (χ0n) is 20.4. The zero-order valence-corrected chi connectivity index (χ0v) is 20.4. The van der Waals surface area contributed by atoms with E-state index in [9.17, 15) is 19.2 Å². The van der Waals surface area contributed by atoms with Gasteiger partial charge in [-0.05, 0) is 62.4 Å². The largest absolute Gasteiger partial charge is 0.494 e. The van der Waals surface area contributed by atoms with Gasteiger partial charge >= 0.3 is 11.9 Å². The Morgan fingerprint density at radius 1 is 0.611 bits per heavy atom. The fraction of sp³-hybridized carbons (Fsp3) is 0.385. The van der Waals surface area contributed by atoms with E-state index in [4.69, 9.17) is 18.9 Å². The molecular weight excluding hydrogens is 468 g/mol. The Morgan fingerprint density at radius 3 is 1.25 bits per heavy atom. The first-order chi connectivity index (χ1) is 17.4. The summed E-state index contributed by atoms with van der Waals surface area (Å²) in [5.41, 5.74) is 0.642. The average Bonchev–Trinajstić information content (AvgIpc) is 2.91. The van der Waals surface area contributed by atoms with Gasteiger partial charge in [0.05, 0.1) is 24.3 Å². The molecule has 0 bridgehead atoms. The summed E-state index contributed by atoms with van der Waals surface area (Å²) in [4.78, 5) is 52.3. The fourth-order valence-corrected chi connectivity index (χ4v) is 3.52. The number of ether oxygens (including phenoxy) is 4. The highest BCUT2D eigenvalue weighted by Gasteiger charge is 2.25. The highest BCUT2D eigenvalue weighted by atomic mass is 16.5. The van der Waals surface area contributed by atoms with Crippen molar-refractivity contribution in [3.8, 4) is 11.5 Å². The molecular formula is C26H30N2O8. The number of carbonyl (C=O) groups is 4. The van der Waals surface area contributed by atoms with Gasteiger partial charge in [-0.2, -0.15) is 0 Å². The smallest absolute Gasteiger partial charge is 0.338 e. The molecule has 0 atom stereocenters. The minimum Gasteiger partial charge on any atom is -0.494 e. The van der Waals surface area contributed by atoms with Crippen LogP contribution in [0.15, 0.2) is 48.5 Å². The number of rotatable bonds is 10. The molecule has 2 aromatic rings. The quantitative estimate of drug-likeness (QED) is 0.458. The standard InChI is InChI=1S/C26H30N2O8/c1-3-33-21-9-5-19(6-10-21)25(31)35-17-23(29)27-13-15-28(16-14-27)24(30)18-36-26(32)20-7-11-22(12-8-20)34-4-2/h5-12H,3-4,13-18H2,1-2H3. The van der Waals surface area contributed by atoms with E-state index in [1.54, 1.807) is 48.5 Å². The van der Waals surface area contributed by atoms with Gasteiger partial charge in [0.2, 0.25) is 0 Å². The maximum Gasteiger partial charge on any atom is 0.338 e. The minimum atomic E-state index is -0.602. The number of benzene rings is 2. The molecule has 192 valence electrons. The van der Waals surface area contributed by atoms with Gasteiger partial charge in [0.15, 0.2) is 13.2 Å². The van der Waals surface area contributed by atoms with Crippen molar-refractivity contribution in [3.05, 3.63) is 59.7 Å². The summed E-state index contributed by atoms with van der Waals surface area (Å²) < 4.78 is 20.9. The van der Waals surface area contributed by atoms with Crippen LogP contribution >= 0.6 is 0 Å². The SMILES string of the molecule is CCOc1ccc(C(=O)OCC(=O)N2CCN(C(=O)COC(=O)c3ccc(OCC)cc3)CC2)cc1. The lowest BCUT2D eigenvalue weighted by Gasteiger charge is -2.34. The molecule has 0 aliphatic carbocycles. The van der Waals surface area contributed by atoms with Crippen LogP contribution in [0.1, 0.15) is 34.6 Å². The van der Waals surface area contributed by atoms with Crippen LogP contribution in [0.3, 0.4) is 0 Å². The van der Waals surface area contributed by atoms with Gasteiger partial charge in [0.25, 0.3) is 11.8 Å². The molecule has 10 nitrogen and oxygen atoms in total. The Bertz CT molecular complexity index is 959. The van der Waals surface area contributed by atoms with E-state index >= 15 is 0 Å². The van der Waals surface area contributed by atoms with Crippen LogP contribution < -0.4 is 9.47 Å². The lowest BCUT2D eigenvalue weighted by molar-refractivity contribution is -0.142. The molecule has 1 aliphatic rings. The molecule has 1 heterocycles. The molecule has 1 fully saturated rings. The van der Waals surface area contributed by atoms with Gasteiger partial charge < -0.3 is 28.7 Å². The number of hydrogen-bond donors (Lipinski definition) is 0. The molecule has 10 heteroatoms. The second kappa shape index (κ2) is 13.1. The number of amides is 2. The molecule has 1 aliphatic heterocycles. The van der Waals surface area contributed by atoms with Gasteiger partial charge in [0, 0.05) is 26.2 Å². The van der Waals surface area contributed by atoms with Crippen molar-refractivity contribution in [1.82, 2.24) is 9.80 Å². The number of esters is 2. The second-order valence-electron chi connectivity index (χ2n) is 7.83. The van der Waals surface area contributed by atoms with Gasteiger partial charge in [-0.3, -0.25) is 9.59 Å². The van der Waals surface area contributed by atoms with Crippen LogP contribution in [0.25, 0.3) is 0 Å². The zero-order chi connectivity index (χ0) is 25.9. The number of hydrogen-bond acceptors (Lipinski definition) is 8. The fourth-order valence-electron chi connectivity index (χ4n) is 3.52. The number of nitrogens with zero attached hydrogens (tertiary/aromatic N) is 2. The molecule has 0 unspecified atom stereocenters. The van der Waals surface area contributed by atoms with Crippen molar-refractivity contribution in [2.75, 3.05) is 52.6 Å². The van der Waals surface area contributed by atoms with Crippen molar-refractivity contribution < 1.29 is 38.1 Å². The lowest BCUT2D eigenvalue weighted by atomic mass is 10.2. The lowest BCUT2D eigenvalue weighted by Crippen LogP contribution is -2.52. The molecule has 2 aromatic carbocycles. The van der Waals surface area contributed by atoms with Gasteiger partial charge in [-0.15, -0.1) is 0 Å². The summed E-state index contributed by atoms with van der Waals surface area (Å²) >= 11 is 0. The molecule has 0 saturated carbocycles. The van der Waals surface area contributed by atoms with E-state index in [-0.39, 0.29) is 51.2 Å². The van der Waals surface area contributed by atoms with Crippen molar-refractivity contribution >= 4 is 23.8 Å². The highest BCUT2D eigenvalue weighted by molar-refractivity contribution is 5.92. The molecule has 0 radical (unpaired) electrons. The molecule has 0 N–H and O–H groups in total. The van der Waals surface area contributed by atoms with E-state index in [1.807, 2.05) is 13.8 Å². The van der Waals surface area contributed by atoms with Gasteiger partial charge in [-0.1, -0.05) is 0 Å². The third kappa shape index (κ3) is 7.46. The van der Waals surface area contributed by atoms with Crippen LogP contribution in [0.4, 0.5) is 0 Å². The Balaban J connectivity index is 1.37. The summed E-state index contributed by atoms with van der Waals surface area (Å²) in [6.07, 6.45) is 0. The van der Waals surface area contributed by atoms with E-state index in [0.717, 1.165) is 0 Å². The summed E-state index contributed by atoms with van der Waals surface area (Å²) in [6.45, 7) is 5.15. The number of carbonyl (C=O) groups excluding carboxylic acids is 4. The van der Waals surface area contributed by atoms with Crippen LogP contribution in [0.2, 0.25) is 0 Å². The maximum absolute atomic E-state index is 12.4. The van der Waals surface area contributed by atoms with Crippen LogP contribution in [0.5, 0.6) is 11.5 Å². The third-order valence-corrected chi connectivity index (χ3v) is 5.44. The van der Waals surface area contributed by atoms with Gasteiger partial charge in [0.1, 0.15) is 11.5 Å². The van der Waals surface area contributed by atoms with Gasteiger partial charge in [-0.25, -0.2) is 9.59 Å². The van der Waals surface area contributed by atoms with Crippen molar-refractivity contribution in [3.63, 3.8) is 0 Å². The second-order valence-corrected chi connectivity index (χ2v) is 7.83. The predicted octanol–water partition coefficient (Wildman–Crippen LogP) is 2.17. The molecule has 1 saturated heterocycles. The van der Waals surface area contributed by atoms with Crippen molar-refractivity contribution in [2.24, 2.45) is 0 Å². The van der Waals surface area contributed by atoms with Crippen LogP contribution in [-0.4, -0.2) is 86.2 Å². The topological polar surface area (TPSA) is 112 Å².